The monoisotopic (exact) mass is 1420 g/mol. The Kier molecular flexibility index (Phi) is 35.8. The second-order valence-electron chi connectivity index (χ2n) is 26.9. The fourth-order valence-electron chi connectivity index (χ4n) is 11.7. The minimum atomic E-state index is -1.69. The number of thioether (sulfide) groups is 1. The van der Waals surface area contributed by atoms with E-state index in [4.69, 9.17) is 17.2 Å². The van der Waals surface area contributed by atoms with E-state index in [-0.39, 0.29) is 95.3 Å². The van der Waals surface area contributed by atoms with Crippen molar-refractivity contribution in [2.45, 2.75) is 225 Å². The summed E-state index contributed by atoms with van der Waals surface area (Å²) in [5, 5.41) is 41.4. The third-order valence-corrected chi connectivity index (χ3v) is 19.7. The lowest BCUT2D eigenvalue weighted by molar-refractivity contribution is -0.143. The number of aromatic nitrogens is 2. The van der Waals surface area contributed by atoms with E-state index in [1.165, 1.54) is 24.3 Å². The van der Waals surface area contributed by atoms with Gasteiger partial charge in [-0.25, -0.2) is 4.98 Å². The van der Waals surface area contributed by atoms with E-state index in [9.17, 15) is 77.3 Å². The number of ketones is 3. The van der Waals surface area contributed by atoms with Gasteiger partial charge in [0.25, 0.3) is 0 Å². The lowest BCUT2D eigenvalue weighted by Crippen LogP contribution is -2.60. The second kappa shape index (κ2) is 42.6. The summed E-state index contributed by atoms with van der Waals surface area (Å²) in [5.41, 5.74) is 18.8. The van der Waals surface area contributed by atoms with Gasteiger partial charge in [-0.3, -0.25) is 72.1 Å². The Labute approximate surface area is 588 Å². The Bertz CT molecular complexity index is 3150. The summed E-state index contributed by atoms with van der Waals surface area (Å²) in [6.45, 7) is 14.6. The number of carbonyl (C=O) groups excluding carboxylic acids is 12. The first-order valence-electron chi connectivity index (χ1n) is 34.8. The molecule has 1 aromatic heterocycles. The van der Waals surface area contributed by atoms with E-state index < -0.39 is 198 Å². The summed E-state index contributed by atoms with van der Waals surface area (Å²) in [7, 11) is 0. The molecule has 554 valence electrons. The molecule has 15 atom stereocenters. The molecule has 2 aliphatic heterocycles. The number of carbonyl (C=O) groups is 14. The number of Topliss-reactive ketones (excluding diaryl/α,β-unsaturated/α-hetero) is 3. The van der Waals surface area contributed by atoms with Crippen molar-refractivity contribution in [3.8, 4) is 0 Å². The lowest BCUT2D eigenvalue weighted by atomic mass is 9.86. The highest BCUT2D eigenvalue weighted by Crippen LogP contribution is 2.28. The number of carboxylic acids is 2. The Balaban J connectivity index is 1.76. The zero-order chi connectivity index (χ0) is 74.3. The number of nitrogens with one attached hydrogen (secondary N) is 9. The number of aromatic amines is 1. The number of amides is 9. The van der Waals surface area contributed by atoms with Crippen molar-refractivity contribution in [1.29, 1.82) is 0 Å². The Morgan fingerprint density at radius 2 is 1.35 bits per heavy atom. The molecule has 100 heavy (non-hydrogen) atoms. The molecule has 4 rings (SSSR count). The van der Waals surface area contributed by atoms with E-state index >= 15 is 0 Å². The summed E-state index contributed by atoms with van der Waals surface area (Å²) in [4.78, 5) is 208. The fourth-order valence-corrected chi connectivity index (χ4v) is 12.8. The molecule has 1 saturated heterocycles. The first-order chi connectivity index (χ1) is 47.4. The molecule has 1 aromatic carbocycles. The van der Waals surface area contributed by atoms with Crippen molar-refractivity contribution in [3.05, 3.63) is 54.1 Å². The van der Waals surface area contributed by atoms with E-state index in [1.54, 1.807) is 58.0 Å². The van der Waals surface area contributed by atoms with E-state index in [0.29, 0.717) is 29.1 Å². The molecule has 0 saturated carbocycles. The molecular weight excluding hydrogens is 1310 g/mol. The second-order valence-corrected chi connectivity index (χ2v) is 28.1. The number of benzene rings is 1. The smallest absolute Gasteiger partial charge is 0.304 e. The molecule has 1 fully saturated rings. The largest absolute Gasteiger partial charge is 0.481 e. The van der Waals surface area contributed by atoms with Crippen LogP contribution in [0.25, 0.3) is 0 Å². The number of carboxylic acid groups (broad SMARTS) is 2. The number of rotatable bonds is 33. The van der Waals surface area contributed by atoms with Crippen LogP contribution in [0.2, 0.25) is 0 Å². The van der Waals surface area contributed by atoms with Crippen molar-refractivity contribution in [1.82, 2.24) is 52.5 Å². The van der Waals surface area contributed by atoms with Gasteiger partial charge < -0.3 is 74.9 Å². The maximum atomic E-state index is 15.0. The number of H-pyrrole nitrogens is 1. The van der Waals surface area contributed by atoms with Crippen LogP contribution in [0.4, 0.5) is 0 Å². The average molecular weight is 1420 g/mol. The molecule has 4 unspecified atom stereocenters. The van der Waals surface area contributed by atoms with E-state index in [1.807, 2.05) is 27.7 Å². The molecule has 0 radical (unpaired) electrons. The number of primary amides is 1. The SMILES string of the molecule is CCC(C)[C@H](N)C1=NCC(C(=O)N[C@@H](CC(C)C)C(=O)C[C@H](CCC(=O)O)C(=O)N[C@H](C(=O)C[C@H]2CCCCNC(=O)[C@H](CC(N)=O)NC(=O)[C@@H](CC(=O)O)CC(=O)[C@H](Cc3cnc[nH]3)NC(=O)[C@@H](Cc3ccccc3)NC(=O)[C@H](C(C)CC)NC(=O)[C@@H](CCCN)NC2=O)C(C)CC)S1. The molecular formula is C69H106N14O16S. The fraction of sp³-hybridized carbons (Fsp3) is 0.652. The van der Waals surface area contributed by atoms with Crippen molar-refractivity contribution in [3.63, 3.8) is 0 Å². The van der Waals surface area contributed by atoms with Gasteiger partial charge in [-0.1, -0.05) is 123 Å². The molecule has 31 heteroatoms. The maximum absolute atomic E-state index is 15.0. The summed E-state index contributed by atoms with van der Waals surface area (Å²) in [6, 6.07) is -1.68. The van der Waals surface area contributed by atoms with Crippen molar-refractivity contribution >= 4 is 99.3 Å². The van der Waals surface area contributed by atoms with Gasteiger partial charge in [0.05, 0.1) is 60.8 Å². The van der Waals surface area contributed by atoms with Crippen LogP contribution in [0, 0.1) is 41.4 Å². The summed E-state index contributed by atoms with van der Waals surface area (Å²) < 4.78 is 0. The predicted octanol–water partition coefficient (Wildman–Crippen LogP) is 1.59. The molecule has 0 bridgehead atoms. The lowest BCUT2D eigenvalue weighted by Gasteiger charge is -2.30. The van der Waals surface area contributed by atoms with Gasteiger partial charge in [-0.2, -0.15) is 0 Å². The van der Waals surface area contributed by atoms with Crippen LogP contribution >= 0.6 is 11.8 Å². The van der Waals surface area contributed by atoms with Crippen LogP contribution < -0.4 is 59.7 Å². The van der Waals surface area contributed by atoms with Gasteiger partial charge in [0.15, 0.2) is 17.3 Å². The predicted molar refractivity (Wildman–Crippen MR) is 373 cm³/mol. The summed E-state index contributed by atoms with van der Waals surface area (Å²) in [5.74, 6) is -18.1. The molecule has 9 amide bonds. The van der Waals surface area contributed by atoms with Crippen LogP contribution in [0.15, 0.2) is 47.8 Å². The van der Waals surface area contributed by atoms with Gasteiger partial charge >= 0.3 is 11.9 Å². The molecule has 2 aliphatic rings. The minimum Gasteiger partial charge on any atom is -0.481 e. The Morgan fingerprint density at radius 3 is 1.96 bits per heavy atom. The van der Waals surface area contributed by atoms with E-state index in [0.717, 1.165) is 6.42 Å². The Hall–Kier alpha value is -8.45. The summed E-state index contributed by atoms with van der Waals surface area (Å²) in [6.07, 6.45) is -0.445. The quantitative estimate of drug-likeness (QED) is 0.0482. The third kappa shape index (κ3) is 27.9. The molecule has 17 N–H and O–H groups in total. The van der Waals surface area contributed by atoms with Crippen LogP contribution in [0.5, 0.6) is 0 Å². The normalized spacial score (nSPS) is 23.3. The molecule has 30 nitrogen and oxygen atoms in total. The number of nitrogens with two attached hydrogens (primary N) is 3. The highest BCUT2D eigenvalue weighted by Gasteiger charge is 2.40. The number of aliphatic imine (C=N–C) groups is 1. The standard InChI is InChI=1S/C69H106N14O16S/c1-9-38(6)58(72)69-75-35-54(100-69)67(98)79-47(26-37(4)5)51(84)28-43(22-23-56(88)89)62(93)82-59(39(7)10-2)53(86)29-42-20-15-16-25-74-64(95)50(33-55(71)87)80-63(94)44(31-57(90)91)30-52(85)48(32-45-34-73-36-76-45)78-66(97)49(27-41-18-13-12-14-19-41)81-68(99)60(40(8)11-3)83-65(96)46(21-17-24-70)77-61(42)92/h12-14,18-19,34,36-40,42-44,46-50,54,58-60H,9-11,15-17,20-33,35,70,72H2,1-8H3,(H2,71,87)(H,73,76)(H,74,95)(H,77,92)(H,78,97)(H,79,98)(H,80,94)(H,81,99)(H,82,93)(H,83,96)(H,88,89)(H,90,91)/t38?,39?,40?,42-,43+,44-,46-,47+,48+,49-,50+,54?,58+,59+,60+/m1/s1. The molecule has 2 aromatic rings. The number of nitrogens with zero attached hydrogens (tertiary/aromatic N) is 2. The van der Waals surface area contributed by atoms with Gasteiger partial charge in [0, 0.05) is 68.8 Å². The number of aliphatic carboxylic acids is 2. The van der Waals surface area contributed by atoms with Gasteiger partial charge in [-0.05, 0) is 74.3 Å². The van der Waals surface area contributed by atoms with Gasteiger partial charge in [-0.15, -0.1) is 0 Å². The topological polar surface area (TPSA) is 495 Å². The number of imidazole rings is 1. The highest BCUT2D eigenvalue weighted by atomic mass is 32.2. The minimum absolute atomic E-state index is 0.0549. The Morgan fingerprint density at radius 1 is 0.700 bits per heavy atom. The van der Waals surface area contributed by atoms with Crippen LogP contribution in [0.1, 0.15) is 169 Å². The summed E-state index contributed by atoms with van der Waals surface area (Å²) >= 11 is 1.23. The number of hydrogen-bond acceptors (Lipinski definition) is 19. The first kappa shape index (κ1) is 84.0. The zero-order valence-corrected chi connectivity index (χ0v) is 59.6. The van der Waals surface area contributed by atoms with Crippen LogP contribution in [0.3, 0.4) is 0 Å². The van der Waals surface area contributed by atoms with Crippen molar-refractivity contribution in [2.24, 2.45) is 63.6 Å². The molecule has 0 spiro atoms. The zero-order valence-electron chi connectivity index (χ0n) is 58.8. The van der Waals surface area contributed by atoms with Gasteiger partial charge in [0.1, 0.15) is 29.4 Å². The van der Waals surface area contributed by atoms with Crippen LogP contribution in [-0.2, 0) is 80.0 Å². The average Bonchev–Trinajstić information content (AvgIpc) is 1.28. The number of hydrogen-bond donors (Lipinski definition) is 14. The maximum Gasteiger partial charge on any atom is 0.304 e. The van der Waals surface area contributed by atoms with Crippen LogP contribution in [-0.4, -0.2) is 181 Å². The molecule has 0 aliphatic carbocycles. The highest BCUT2D eigenvalue weighted by molar-refractivity contribution is 8.15. The van der Waals surface area contributed by atoms with Crippen molar-refractivity contribution < 1.29 is 77.3 Å². The van der Waals surface area contributed by atoms with E-state index in [2.05, 4.69) is 57.5 Å². The third-order valence-electron chi connectivity index (χ3n) is 18.4. The molecule has 3 heterocycles. The first-order valence-corrected chi connectivity index (χ1v) is 35.7. The van der Waals surface area contributed by atoms with Gasteiger partial charge in [0.2, 0.25) is 53.2 Å². The van der Waals surface area contributed by atoms with Crippen molar-refractivity contribution in [2.75, 3.05) is 19.6 Å².